The molecule has 0 amide bonds. The summed E-state index contributed by atoms with van der Waals surface area (Å²) in [7, 11) is -3.98. The molecule has 0 rings (SSSR count). The molecule has 0 aliphatic heterocycles. The fourth-order valence-corrected chi connectivity index (χ4v) is 2.32. The number of halogens is 10. The zero-order chi connectivity index (χ0) is 18.7. The Morgan fingerprint density at radius 3 is 1.04 bits per heavy atom. The molecule has 0 aliphatic rings. The molecule has 0 radical (unpaired) electrons. The Labute approximate surface area is 123 Å². The SMILES string of the molecule is CO[Si](OC)(OCC(F)(F)C(F)(F)F)OCC(F)(F)C(F)(F)F. The van der Waals surface area contributed by atoms with E-state index in [4.69, 9.17) is 0 Å². The second kappa shape index (κ2) is 7.08. The van der Waals surface area contributed by atoms with Gasteiger partial charge in [-0.2, -0.15) is 43.9 Å². The number of rotatable bonds is 8. The van der Waals surface area contributed by atoms with Crippen LogP contribution in [-0.2, 0) is 17.7 Å². The van der Waals surface area contributed by atoms with Gasteiger partial charge in [0, 0.05) is 14.2 Å². The minimum atomic E-state index is -6.05. The summed E-state index contributed by atoms with van der Waals surface area (Å²) in [6.45, 7) is -4.91. The van der Waals surface area contributed by atoms with E-state index in [-0.39, 0.29) is 0 Å². The van der Waals surface area contributed by atoms with Crippen LogP contribution in [0.2, 0.25) is 0 Å². The number of alkyl halides is 10. The van der Waals surface area contributed by atoms with Crippen molar-refractivity contribution in [3.05, 3.63) is 0 Å². The Morgan fingerprint density at radius 1 is 0.609 bits per heavy atom. The molecular formula is C8H10F10O4Si. The third kappa shape index (κ3) is 5.73. The summed E-state index contributed by atoms with van der Waals surface area (Å²) in [5.41, 5.74) is 0. The van der Waals surface area contributed by atoms with Crippen LogP contribution in [0.5, 0.6) is 0 Å². The lowest BCUT2D eigenvalue weighted by Gasteiger charge is -2.29. The first-order valence-electron chi connectivity index (χ1n) is 5.31. The Morgan fingerprint density at radius 2 is 0.870 bits per heavy atom. The molecule has 15 heteroatoms. The fraction of sp³-hybridized carbons (Fsp3) is 1.00. The second-order valence-electron chi connectivity index (χ2n) is 3.89. The normalized spacial score (nSPS) is 15.1. The Bertz CT molecular complexity index is 346. The maximum atomic E-state index is 12.7. The van der Waals surface area contributed by atoms with E-state index in [1.807, 2.05) is 0 Å². The van der Waals surface area contributed by atoms with Crippen LogP contribution < -0.4 is 0 Å². The van der Waals surface area contributed by atoms with Gasteiger partial charge in [-0.1, -0.05) is 0 Å². The summed E-state index contributed by atoms with van der Waals surface area (Å²) in [4.78, 5) is 0. The van der Waals surface area contributed by atoms with Gasteiger partial charge in [-0.25, -0.2) is 0 Å². The molecule has 140 valence electrons. The molecule has 0 unspecified atom stereocenters. The van der Waals surface area contributed by atoms with Crippen LogP contribution >= 0.6 is 0 Å². The lowest BCUT2D eigenvalue weighted by molar-refractivity contribution is -0.301. The van der Waals surface area contributed by atoms with Gasteiger partial charge in [-0.15, -0.1) is 0 Å². The van der Waals surface area contributed by atoms with Gasteiger partial charge < -0.3 is 17.7 Å². The highest BCUT2D eigenvalue weighted by Gasteiger charge is 2.62. The first kappa shape index (κ1) is 22.4. The maximum Gasteiger partial charge on any atom is 0.679 e. The van der Waals surface area contributed by atoms with Gasteiger partial charge in [-0.3, -0.25) is 0 Å². The first-order chi connectivity index (χ1) is 10.0. The molecule has 23 heavy (non-hydrogen) atoms. The molecule has 0 N–H and O–H groups in total. The molecule has 0 aromatic rings. The van der Waals surface area contributed by atoms with Crippen LogP contribution in [0.25, 0.3) is 0 Å². The first-order valence-corrected chi connectivity index (χ1v) is 6.94. The van der Waals surface area contributed by atoms with E-state index in [0.29, 0.717) is 14.2 Å². The summed E-state index contributed by atoms with van der Waals surface area (Å²) >= 11 is 0. The predicted octanol–water partition coefficient (Wildman–Crippen LogP) is 3.14. The van der Waals surface area contributed by atoms with E-state index in [1.54, 1.807) is 0 Å². The lowest BCUT2D eigenvalue weighted by Crippen LogP contribution is -2.55. The molecule has 0 spiro atoms. The summed E-state index contributed by atoms with van der Waals surface area (Å²) in [6, 6.07) is 0. The van der Waals surface area contributed by atoms with Crippen molar-refractivity contribution in [3.63, 3.8) is 0 Å². The average molecular weight is 388 g/mol. The summed E-state index contributed by atoms with van der Waals surface area (Å²) in [5, 5.41) is 0. The highest BCUT2D eigenvalue weighted by molar-refractivity contribution is 6.53. The monoisotopic (exact) mass is 388 g/mol. The molecule has 0 fully saturated rings. The van der Waals surface area contributed by atoms with Crippen LogP contribution in [0.4, 0.5) is 43.9 Å². The van der Waals surface area contributed by atoms with Crippen molar-refractivity contribution in [3.8, 4) is 0 Å². The lowest BCUT2D eigenvalue weighted by atomic mass is 10.3. The third-order valence-electron chi connectivity index (χ3n) is 2.19. The Hall–Kier alpha value is -0.643. The van der Waals surface area contributed by atoms with E-state index in [2.05, 4.69) is 17.7 Å². The molecule has 0 saturated heterocycles. The number of hydrogen-bond acceptors (Lipinski definition) is 4. The van der Waals surface area contributed by atoms with Crippen molar-refractivity contribution in [1.29, 1.82) is 0 Å². The van der Waals surface area contributed by atoms with Gasteiger partial charge in [0.25, 0.3) is 0 Å². The van der Waals surface area contributed by atoms with E-state index >= 15 is 0 Å². The van der Waals surface area contributed by atoms with Crippen LogP contribution in [0.1, 0.15) is 0 Å². The molecule has 0 bridgehead atoms. The number of hydrogen-bond donors (Lipinski definition) is 0. The molecule has 0 aromatic carbocycles. The quantitative estimate of drug-likeness (QED) is 0.473. The van der Waals surface area contributed by atoms with E-state index < -0.39 is 46.5 Å². The minimum absolute atomic E-state index is 0.549. The molecule has 4 nitrogen and oxygen atoms in total. The molecule has 0 heterocycles. The standard InChI is InChI=1S/C8H10F10O4Si/c1-19-23(20-2,21-3-5(9,10)7(13,14)15)22-4-6(11,12)8(16,17)18/h3-4H2,1-2H3. The topological polar surface area (TPSA) is 36.9 Å². The van der Waals surface area contributed by atoms with Crippen molar-refractivity contribution < 1.29 is 61.6 Å². The van der Waals surface area contributed by atoms with Gasteiger partial charge in [0.2, 0.25) is 0 Å². The Balaban J connectivity index is 5.03. The van der Waals surface area contributed by atoms with E-state index in [1.165, 1.54) is 0 Å². The van der Waals surface area contributed by atoms with Crippen LogP contribution in [0, 0.1) is 0 Å². The zero-order valence-electron chi connectivity index (χ0n) is 11.3. The van der Waals surface area contributed by atoms with Gasteiger partial charge in [0.1, 0.15) is 13.2 Å². The minimum Gasteiger partial charge on any atom is -0.355 e. The molecule has 0 atom stereocenters. The summed E-state index contributed by atoms with van der Waals surface area (Å²) < 4.78 is 139. The van der Waals surface area contributed by atoms with Crippen LogP contribution in [0.3, 0.4) is 0 Å². The molecular weight excluding hydrogens is 378 g/mol. The van der Waals surface area contributed by atoms with Crippen LogP contribution in [-0.4, -0.2) is 60.7 Å². The van der Waals surface area contributed by atoms with Gasteiger partial charge >= 0.3 is 33.2 Å². The predicted molar refractivity (Wildman–Crippen MR) is 53.7 cm³/mol. The molecule has 0 saturated carbocycles. The summed E-state index contributed by atoms with van der Waals surface area (Å²) in [6.07, 6.45) is -12.1. The third-order valence-corrected chi connectivity index (χ3v) is 4.19. The zero-order valence-corrected chi connectivity index (χ0v) is 12.3. The van der Waals surface area contributed by atoms with Gasteiger partial charge in [0.15, 0.2) is 0 Å². The van der Waals surface area contributed by atoms with Crippen LogP contribution in [0.15, 0.2) is 0 Å². The van der Waals surface area contributed by atoms with Crippen molar-refractivity contribution >= 4 is 9.05 Å². The summed E-state index contributed by atoms with van der Waals surface area (Å²) in [5.74, 6) is -10.9. The van der Waals surface area contributed by atoms with Crippen molar-refractivity contribution in [2.75, 3.05) is 27.4 Å². The highest BCUT2D eigenvalue weighted by atomic mass is 28.4. The average Bonchev–Trinajstić information content (AvgIpc) is 2.37. The van der Waals surface area contributed by atoms with Gasteiger partial charge in [0.05, 0.1) is 0 Å². The van der Waals surface area contributed by atoms with Gasteiger partial charge in [-0.05, 0) is 0 Å². The largest absolute Gasteiger partial charge is 0.679 e. The fourth-order valence-electron chi connectivity index (χ4n) is 0.882. The van der Waals surface area contributed by atoms with Crippen molar-refractivity contribution in [2.45, 2.75) is 24.2 Å². The molecule has 0 aromatic heterocycles. The van der Waals surface area contributed by atoms with Crippen molar-refractivity contribution in [1.82, 2.24) is 0 Å². The van der Waals surface area contributed by atoms with E-state index in [9.17, 15) is 43.9 Å². The second-order valence-corrected chi connectivity index (χ2v) is 6.28. The smallest absolute Gasteiger partial charge is 0.355 e. The Kier molecular flexibility index (Phi) is 6.88. The molecule has 0 aliphatic carbocycles. The van der Waals surface area contributed by atoms with E-state index in [0.717, 1.165) is 0 Å². The maximum absolute atomic E-state index is 12.7. The highest BCUT2D eigenvalue weighted by Crippen LogP contribution is 2.38. The van der Waals surface area contributed by atoms with Crippen molar-refractivity contribution in [2.24, 2.45) is 0 Å².